The highest BCUT2D eigenvalue weighted by atomic mass is 35.5. The zero-order valence-corrected chi connectivity index (χ0v) is 14.6. The largest absolute Gasteiger partial charge is 0.381 e. The molecule has 4 nitrogen and oxygen atoms in total. The molecule has 1 saturated heterocycles. The topological polar surface area (TPSA) is 41.6 Å². The quantitative estimate of drug-likeness (QED) is 0.889. The van der Waals surface area contributed by atoms with E-state index in [4.69, 9.17) is 16.3 Å². The molecule has 6 heteroatoms. The summed E-state index contributed by atoms with van der Waals surface area (Å²) in [5, 5.41) is 3.95. The molecule has 1 heterocycles. The van der Waals surface area contributed by atoms with Gasteiger partial charge >= 0.3 is 6.03 Å². The summed E-state index contributed by atoms with van der Waals surface area (Å²) in [6.45, 7) is 2.06. The number of amides is 2. The zero-order valence-electron chi connectivity index (χ0n) is 13.0. The van der Waals surface area contributed by atoms with Crippen molar-refractivity contribution < 1.29 is 9.53 Å². The number of nitrogens with one attached hydrogen (secondary N) is 1. The molecule has 1 fully saturated rings. The second kappa shape index (κ2) is 8.65. The molecule has 1 aliphatic rings. The van der Waals surface area contributed by atoms with Gasteiger partial charge in [0.15, 0.2) is 0 Å². The Morgan fingerprint density at radius 3 is 2.86 bits per heavy atom. The Morgan fingerprint density at radius 2 is 2.23 bits per heavy atom. The van der Waals surface area contributed by atoms with Crippen molar-refractivity contribution in [3.63, 3.8) is 0 Å². The molecule has 2 amide bonds. The van der Waals surface area contributed by atoms with Gasteiger partial charge in [0.05, 0.1) is 0 Å². The Kier molecular flexibility index (Phi) is 6.86. The van der Waals surface area contributed by atoms with Crippen molar-refractivity contribution in [2.75, 3.05) is 33.1 Å². The summed E-state index contributed by atoms with van der Waals surface area (Å²) in [5.74, 6) is 0. The van der Waals surface area contributed by atoms with Crippen molar-refractivity contribution in [3.8, 4) is 0 Å². The van der Waals surface area contributed by atoms with Crippen LogP contribution in [0.5, 0.6) is 0 Å². The van der Waals surface area contributed by atoms with E-state index in [-0.39, 0.29) is 17.3 Å². The summed E-state index contributed by atoms with van der Waals surface area (Å²) in [5.41, 5.74) is 1.13. The number of rotatable bonds is 5. The zero-order chi connectivity index (χ0) is 15.9. The minimum Gasteiger partial charge on any atom is -0.381 e. The molecule has 0 aliphatic carbocycles. The molecule has 1 aromatic carbocycles. The van der Waals surface area contributed by atoms with Gasteiger partial charge in [-0.2, -0.15) is 11.8 Å². The van der Waals surface area contributed by atoms with E-state index in [2.05, 4.69) is 5.32 Å². The molecule has 0 aromatic heterocycles. The lowest BCUT2D eigenvalue weighted by atomic mass is 10.1. The Morgan fingerprint density at radius 1 is 1.50 bits per heavy atom. The second-order valence-corrected chi connectivity index (χ2v) is 6.90. The number of ether oxygens (including phenoxy) is 1. The van der Waals surface area contributed by atoms with Crippen LogP contribution in [-0.4, -0.2) is 50.0 Å². The summed E-state index contributed by atoms with van der Waals surface area (Å²) < 4.78 is 5.34. The number of benzene rings is 1. The van der Waals surface area contributed by atoms with Crippen LogP contribution in [0.25, 0.3) is 0 Å². The van der Waals surface area contributed by atoms with Crippen LogP contribution >= 0.6 is 23.4 Å². The van der Waals surface area contributed by atoms with Gasteiger partial charge in [0.2, 0.25) is 0 Å². The first-order valence-corrected chi connectivity index (χ1v) is 9.15. The predicted octanol–water partition coefficient (Wildman–Crippen LogP) is 3.56. The molecule has 0 bridgehead atoms. The average molecular weight is 343 g/mol. The predicted molar refractivity (Wildman–Crippen MR) is 92.7 cm³/mol. The third-order valence-electron chi connectivity index (χ3n) is 4.00. The fourth-order valence-electron chi connectivity index (χ4n) is 2.59. The molecule has 1 unspecified atom stereocenters. The molecular weight excluding hydrogens is 320 g/mol. The number of hydrogen-bond donors (Lipinski definition) is 1. The smallest absolute Gasteiger partial charge is 0.317 e. The lowest BCUT2D eigenvalue weighted by Crippen LogP contribution is -2.46. The molecule has 0 saturated carbocycles. The highest BCUT2D eigenvalue weighted by Gasteiger charge is 2.23. The van der Waals surface area contributed by atoms with Crippen LogP contribution < -0.4 is 5.32 Å². The molecule has 2 rings (SSSR count). The molecule has 1 aliphatic heterocycles. The number of carbonyl (C=O) groups is 1. The summed E-state index contributed by atoms with van der Waals surface area (Å²) >= 11 is 7.75. The van der Waals surface area contributed by atoms with Crippen LogP contribution in [0.1, 0.15) is 23.7 Å². The maximum atomic E-state index is 12.3. The highest BCUT2D eigenvalue weighted by molar-refractivity contribution is 7.98. The molecule has 1 N–H and O–H groups in total. The maximum absolute atomic E-state index is 12.3. The first-order chi connectivity index (χ1) is 10.6. The number of thioether (sulfide) groups is 1. The Hall–Kier alpha value is -0.910. The van der Waals surface area contributed by atoms with Crippen LogP contribution in [0.4, 0.5) is 4.79 Å². The standard InChI is InChI=1S/C16H23ClN2O2S/c1-19(14-6-8-21-9-7-14)16(20)18-11-15(22-2)12-4-3-5-13(17)10-12/h3-5,10,14-15H,6-9,11H2,1-2H3,(H,18,20). The SMILES string of the molecule is CSC(CNC(=O)N(C)C1CCOCC1)c1cccc(Cl)c1. The minimum absolute atomic E-state index is 0.0204. The van der Waals surface area contributed by atoms with Crippen molar-refractivity contribution in [1.82, 2.24) is 10.2 Å². The van der Waals surface area contributed by atoms with E-state index in [1.54, 1.807) is 16.7 Å². The van der Waals surface area contributed by atoms with Crippen molar-refractivity contribution in [2.45, 2.75) is 24.1 Å². The van der Waals surface area contributed by atoms with E-state index >= 15 is 0 Å². The average Bonchev–Trinajstić information content (AvgIpc) is 2.55. The van der Waals surface area contributed by atoms with Crippen molar-refractivity contribution in [3.05, 3.63) is 34.9 Å². The summed E-state index contributed by atoms with van der Waals surface area (Å²) in [6, 6.07) is 8.05. The Balaban J connectivity index is 1.88. The third kappa shape index (κ3) is 4.80. The Labute approximate surface area is 141 Å². The van der Waals surface area contributed by atoms with Gasteiger partial charge in [0.25, 0.3) is 0 Å². The van der Waals surface area contributed by atoms with Crippen LogP contribution in [-0.2, 0) is 4.74 Å². The Bertz CT molecular complexity index is 495. The van der Waals surface area contributed by atoms with Crippen LogP contribution in [0.3, 0.4) is 0 Å². The highest BCUT2D eigenvalue weighted by Crippen LogP contribution is 2.27. The number of hydrogen-bond acceptors (Lipinski definition) is 3. The van der Waals surface area contributed by atoms with E-state index in [1.165, 1.54) is 0 Å². The fraction of sp³-hybridized carbons (Fsp3) is 0.562. The fourth-order valence-corrected chi connectivity index (χ4v) is 3.45. The van der Waals surface area contributed by atoms with Gasteiger partial charge in [-0.05, 0) is 36.8 Å². The van der Waals surface area contributed by atoms with Gasteiger partial charge in [-0.1, -0.05) is 23.7 Å². The van der Waals surface area contributed by atoms with Crippen LogP contribution in [0.15, 0.2) is 24.3 Å². The number of carbonyl (C=O) groups excluding carboxylic acids is 1. The normalized spacial score (nSPS) is 17.0. The number of urea groups is 1. The molecule has 0 spiro atoms. The lowest BCUT2D eigenvalue weighted by molar-refractivity contribution is 0.0526. The summed E-state index contributed by atoms with van der Waals surface area (Å²) in [7, 11) is 1.86. The molecular formula is C16H23ClN2O2S. The molecule has 1 atom stereocenters. The molecule has 0 radical (unpaired) electrons. The van der Waals surface area contributed by atoms with Crippen molar-refractivity contribution in [1.29, 1.82) is 0 Å². The number of halogens is 1. The van der Waals surface area contributed by atoms with Gasteiger partial charge in [-0.15, -0.1) is 0 Å². The lowest BCUT2D eigenvalue weighted by Gasteiger charge is -2.31. The molecule has 22 heavy (non-hydrogen) atoms. The van der Waals surface area contributed by atoms with Gasteiger partial charge in [-0.25, -0.2) is 4.79 Å². The van der Waals surface area contributed by atoms with E-state index in [0.717, 1.165) is 36.6 Å². The minimum atomic E-state index is -0.0204. The van der Waals surface area contributed by atoms with Gasteiger partial charge in [0, 0.05) is 43.1 Å². The maximum Gasteiger partial charge on any atom is 0.317 e. The van der Waals surface area contributed by atoms with Gasteiger partial charge in [-0.3, -0.25) is 0 Å². The van der Waals surface area contributed by atoms with E-state index < -0.39 is 0 Å². The first kappa shape index (κ1) is 17.4. The summed E-state index contributed by atoms with van der Waals surface area (Å²) in [4.78, 5) is 14.1. The van der Waals surface area contributed by atoms with Gasteiger partial charge < -0.3 is 15.0 Å². The second-order valence-electron chi connectivity index (χ2n) is 5.42. The molecule has 122 valence electrons. The third-order valence-corrected chi connectivity index (χ3v) is 5.25. The van der Waals surface area contributed by atoms with Crippen LogP contribution in [0.2, 0.25) is 5.02 Å². The van der Waals surface area contributed by atoms with Gasteiger partial charge in [0.1, 0.15) is 0 Å². The number of nitrogens with zero attached hydrogens (tertiary/aromatic N) is 1. The summed E-state index contributed by atoms with van der Waals surface area (Å²) in [6.07, 6.45) is 3.86. The van der Waals surface area contributed by atoms with Crippen molar-refractivity contribution >= 4 is 29.4 Å². The monoisotopic (exact) mass is 342 g/mol. The van der Waals surface area contributed by atoms with E-state index in [0.29, 0.717) is 6.54 Å². The molecule has 1 aromatic rings. The van der Waals surface area contributed by atoms with E-state index in [9.17, 15) is 4.79 Å². The van der Waals surface area contributed by atoms with Crippen LogP contribution in [0, 0.1) is 0 Å². The first-order valence-electron chi connectivity index (χ1n) is 7.48. The van der Waals surface area contributed by atoms with E-state index in [1.807, 2.05) is 37.6 Å². The van der Waals surface area contributed by atoms with Crippen molar-refractivity contribution in [2.24, 2.45) is 0 Å².